The lowest BCUT2D eigenvalue weighted by Gasteiger charge is -2.03. The fourth-order valence-electron chi connectivity index (χ4n) is 1.69. The predicted octanol–water partition coefficient (Wildman–Crippen LogP) is 2.27. The number of carboxylic acids is 2. The van der Waals surface area contributed by atoms with Crippen molar-refractivity contribution in [3.8, 4) is 0 Å². The van der Waals surface area contributed by atoms with Crippen LogP contribution in [0.1, 0.15) is 17.7 Å². The van der Waals surface area contributed by atoms with Crippen LogP contribution < -0.4 is 0 Å². The predicted molar refractivity (Wildman–Crippen MR) is 87.4 cm³/mol. The van der Waals surface area contributed by atoms with Gasteiger partial charge in [-0.15, -0.1) is 0 Å². The number of carboxylic acid groups (broad SMARTS) is 2. The average molecular weight is 332 g/mol. The molecule has 0 radical (unpaired) electrons. The van der Waals surface area contributed by atoms with Crippen LogP contribution in [0, 0.1) is 0 Å². The summed E-state index contributed by atoms with van der Waals surface area (Å²) in [6, 6.07) is 10.2. The second-order valence-corrected chi connectivity index (χ2v) is 4.73. The summed E-state index contributed by atoms with van der Waals surface area (Å²) in [6.07, 6.45) is 6.70. The van der Waals surface area contributed by atoms with Gasteiger partial charge < -0.3 is 19.9 Å². The van der Waals surface area contributed by atoms with E-state index in [4.69, 9.17) is 14.9 Å². The first kappa shape index (κ1) is 19.1. The standard InChI is InChI=1S/C13H16N2O.C4H4O4/c1-2-5-12(6-3-1)10-16-8-4-7-13-9-14-11-15-13;5-3(6)1-2-4(7)8/h1-3,5-6,9,11H,4,7-8,10H2,(H,14,15);1-2H,(H,5,6)(H,7,8)/b;2-1+. The number of ether oxygens (including phenoxy) is 1. The summed E-state index contributed by atoms with van der Waals surface area (Å²) < 4.78 is 5.58. The first-order valence-electron chi connectivity index (χ1n) is 7.31. The third-order valence-corrected chi connectivity index (χ3v) is 2.77. The zero-order valence-electron chi connectivity index (χ0n) is 13.1. The Bertz CT molecular complexity index is 608. The molecule has 0 fully saturated rings. The number of benzene rings is 1. The van der Waals surface area contributed by atoms with Gasteiger partial charge in [0.2, 0.25) is 0 Å². The number of hydrogen-bond donors (Lipinski definition) is 3. The van der Waals surface area contributed by atoms with Crippen molar-refractivity contribution >= 4 is 11.9 Å². The van der Waals surface area contributed by atoms with E-state index in [0.717, 1.165) is 19.4 Å². The summed E-state index contributed by atoms with van der Waals surface area (Å²) in [5.41, 5.74) is 2.40. The zero-order valence-corrected chi connectivity index (χ0v) is 13.1. The van der Waals surface area contributed by atoms with Crippen molar-refractivity contribution < 1.29 is 24.5 Å². The van der Waals surface area contributed by atoms with Crippen LogP contribution in [-0.2, 0) is 27.4 Å². The molecule has 1 heterocycles. The van der Waals surface area contributed by atoms with Crippen LogP contribution >= 0.6 is 0 Å². The van der Waals surface area contributed by atoms with Crippen LogP contribution in [0.25, 0.3) is 0 Å². The minimum absolute atomic E-state index is 0.558. The van der Waals surface area contributed by atoms with Gasteiger partial charge in [-0.25, -0.2) is 14.6 Å². The van der Waals surface area contributed by atoms with Crippen LogP contribution in [0.5, 0.6) is 0 Å². The van der Waals surface area contributed by atoms with E-state index >= 15 is 0 Å². The van der Waals surface area contributed by atoms with Gasteiger partial charge in [-0.05, 0) is 18.4 Å². The molecule has 0 bridgehead atoms. The first-order chi connectivity index (χ1) is 11.6. The summed E-state index contributed by atoms with van der Waals surface area (Å²) in [7, 11) is 0. The van der Waals surface area contributed by atoms with Gasteiger partial charge in [0.15, 0.2) is 0 Å². The van der Waals surface area contributed by atoms with Crippen molar-refractivity contribution in [3.63, 3.8) is 0 Å². The zero-order chi connectivity index (χ0) is 17.6. The Balaban J connectivity index is 0.000000307. The van der Waals surface area contributed by atoms with Crippen LogP contribution in [0.15, 0.2) is 55.0 Å². The number of aliphatic carboxylic acids is 2. The van der Waals surface area contributed by atoms with E-state index < -0.39 is 11.9 Å². The molecule has 1 aromatic carbocycles. The van der Waals surface area contributed by atoms with Gasteiger partial charge in [0.05, 0.1) is 12.9 Å². The lowest BCUT2D eigenvalue weighted by molar-refractivity contribution is -0.134. The Hall–Kier alpha value is -2.93. The highest BCUT2D eigenvalue weighted by Crippen LogP contribution is 2.02. The van der Waals surface area contributed by atoms with E-state index in [1.54, 1.807) is 6.33 Å². The SMILES string of the molecule is O=C(O)/C=C/C(=O)O.c1ccc(COCCCc2cnc[nH]2)cc1. The maximum atomic E-state index is 9.55. The highest BCUT2D eigenvalue weighted by Gasteiger charge is 1.95. The van der Waals surface area contributed by atoms with E-state index in [1.807, 2.05) is 24.4 Å². The number of aromatic nitrogens is 2. The van der Waals surface area contributed by atoms with Crippen LogP contribution in [-0.4, -0.2) is 38.7 Å². The van der Waals surface area contributed by atoms with Crippen molar-refractivity contribution in [2.45, 2.75) is 19.4 Å². The highest BCUT2D eigenvalue weighted by atomic mass is 16.5. The maximum Gasteiger partial charge on any atom is 0.328 e. The second kappa shape index (κ2) is 11.6. The summed E-state index contributed by atoms with van der Waals surface area (Å²) in [5, 5.41) is 15.6. The topological polar surface area (TPSA) is 113 Å². The fraction of sp³-hybridized carbons (Fsp3) is 0.235. The first-order valence-corrected chi connectivity index (χ1v) is 7.31. The molecule has 0 amide bonds. The Morgan fingerprint density at radius 3 is 2.33 bits per heavy atom. The lowest BCUT2D eigenvalue weighted by Crippen LogP contribution is -1.97. The summed E-state index contributed by atoms with van der Waals surface area (Å²) in [5.74, 6) is -2.51. The van der Waals surface area contributed by atoms with Crippen LogP contribution in [0.4, 0.5) is 0 Å². The molecule has 0 spiro atoms. The normalized spacial score (nSPS) is 10.2. The number of nitrogens with zero attached hydrogens (tertiary/aromatic N) is 1. The molecule has 0 atom stereocenters. The van der Waals surface area contributed by atoms with Crippen LogP contribution in [0.2, 0.25) is 0 Å². The third kappa shape index (κ3) is 9.91. The Morgan fingerprint density at radius 1 is 1.12 bits per heavy atom. The Morgan fingerprint density at radius 2 is 1.79 bits per heavy atom. The van der Waals surface area contributed by atoms with E-state index in [-0.39, 0.29) is 0 Å². The monoisotopic (exact) mass is 332 g/mol. The van der Waals surface area contributed by atoms with Crippen LogP contribution in [0.3, 0.4) is 0 Å². The van der Waals surface area contributed by atoms with Gasteiger partial charge in [-0.3, -0.25) is 0 Å². The molecule has 128 valence electrons. The van der Waals surface area contributed by atoms with Gasteiger partial charge in [-0.1, -0.05) is 30.3 Å². The van der Waals surface area contributed by atoms with Crippen molar-refractivity contribution in [2.75, 3.05) is 6.61 Å². The molecule has 24 heavy (non-hydrogen) atoms. The summed E-state index contributed by atoms with van der Waals surface area (Å²) >= 11 is 0. The minimum Gasteiger partial charge on any atom is -0.478 e. The number of carbonyl (C=O) groups is 2. The third-order valence-electron chi connectivity index (χ3n) is 2.77. The number of imidazole rings is 1. The molecule has 0 unspecified atom stereocenters. The van der Waals surface area contributed by atoms with Gasteiger partial charge in [0.25, 0.3) is 0 Å². The molecule has 1 aromatic heterocycles. The maximum absolute atomic E-state index is 9.55. The summed E-state index contributed by atoms with van der Waals surface area (Å²) in [4.78, 5) is 26.2. The molecule has 0 aliphatic carbocycles. The van der Waals surface area contributed by atoms with Gasteiger partial charge in [0, 0.05) is 30.6 Å². The second-order valence-electron chi connectivity index (χ2n) is 4.73. The highest BCUT2D eigenvalue weighted by molar-refractivity contribution is 5.89. The van der Waals surface area contributed by atoms with E-state index in [0.29, 0.717) is 18.8 Å². The number of nitrogens with one attached hydrogen (secondary N) is 1. The van der Waals surface area contributed by atoms with E-state index in [9.17, 15) is 9.59 Å². The fourth-order valence-corrected chi connectivity index (χ4v) is 1.69. The molecule has 0 saturated heterocycles. The van der Waals surface area contributed by atoms with Crippen molar-refractivity contribution in [3.05, 3.63) is 66.3 Å². The Labute approximate surface area is 139 Å². The number of H-pyrrole nitrogens is 1. The molecule has 0 aliphatic rings. The molecule has 0 aliphatic heterocycles. The van der Waals surface area contributed by atoms with Gasteiger partial charge >= 0.3 is 11.9 Å². The summed E-state index contributed by atoms with van der Waals surface area (Å²) in [6.45, 7) is 1.48. The number of hydrogen-bond acceptors (Lipinski definition) is 4. The molecule has 7 heteroatoms. The van der Waals surface area contributed by atoms with Gasteiger partial charge in [-0.2, -0.15) is 0 Å². The van der Waals surface area contributed by atoms with E-state index in [1.165, 1.54) is 11.3 Å². The molecular formula is C17H20N2O5. The molecule has 2 rings (SSSR count). The van der Waals surface area contributed by atoms with Crippen molar-refractivity contribution in [2.24, 2.45) is 0 Å². The minimum atomic E-state index is -1.26. The molecule has 2 aromatic rings. The number of rotatable bonds is 8. The van der Waals surface area contributed by atoms with Crippen molar-refractivity contribution in [1.82, 2.24) is 9.97 Å². The largest absolute Gasteiger partial charge is 0.478 e. The van der Waals surface area contributed by atoms with Crippen molar-refractivity contribution in [1.29, 1.82) is 0 Å². The number of aromatic amines is 1. The molecular weight excluding hydrogens is 312 g/mol. The smallest absolute Gasteiger partial charge is 0.328 e. The molecule has 7 nitrogen and oxygen atoms in total. The average Bonchev–Trinajstić information content (AvgIpc) is 3.08. The molecule has 0 saturated carbocycles. The number of aryl methyl sites for hydroxylation is 1. The molecule has 3 N–H and O–H groups in total. The lowest BCUT2D eigenvalue weighted by atomic mass is 10.2. The van der Waals surface area contributed by atoms with E-state index in [2.05, 4.69) is 22.1 Å². The van der Waals surface area contributed by atoms with Gasteiger partial charge in [0.1, 0.15) is 0 Å². The quantitative estimate of drug-likeness (QED) is 0.505. The Kier molecular flexibility index (Phi) is 9.25.